The predicted molar refractivity (Wildman–Crippen MR) is 81.6 cm³/mol. The molecule has 0 rings (SSSR count). The van der Waals surface area contributed by atoms with E-state index in [9.17, 15) is 9.59 Å². The molecule has 0 aliphatic rings. The van der Waals surface area contributed by atoms with Gasteiger partial charge < -0.3 is 24.9 Å². The Morgan fingerprint density at radius 3 is 1.67 bits per heavy atom. The number of carboxylic acid groups (broad SMARTS) is 2. The molecule has 138 valence electrons. The van der Waals surface area contributed by atoms with Crippen molar-refractivity contribution in [3.05, 3.63) is 24.9 Å². The number of carbonyl (C=O) groups is 2. The summed E-state index contributed by atoms with van der Waals surface area (Å²) in [6.07, 6.45) is 0. The van der Waals surface area contributed by atoms with Crippen molar-refractivity contribution < 1.29 is 40.1 Å². The molecule has 0 aliphatic heterocycles. The molecule has 0 aromatic carbocycles. The molecule has 24 heavy (non-hydrogen) atoms. The lowest BCUT2D eigenvalue weighted by Gasteiger charge is -2.27. The Hall–Kier alpha value is -2.34. The molecule has 11 heteroatoms. The maximum atomic E-state index is 10.7. The zero-order chi connectivity index (χ0) is 18.7. The molecule has 0 heterocycles. The fourth-order valence-electron chi connectivity index (χ4n) is 1.78. The molecular weight excluding hydrogens is 326 g/mol. The van der Waals surface area contributed by atoms with Crippen LogP contribution < -0.4 is 0 Å². The van der Waals surface area contributed by atoms with E-state index in [0.717, 1.165) is 0 Å². The van der Waals surface area contributed by atoms with Gasteiger partial charge in [0.2, 0.25) is 11.8 Å². The smallest absolute Gasteiger partial charge is 0.317 e. The fraction of sp³-hybridized carbons (Fsp3) is 0.538. The van der Waals surface area contributed by atoms with Crippen LogP contribution in [0, 0.1) is 0 Å². The molecule has 0 amide bonds. The number of nitrogens with zero attached hydrogens (tertiary/aromatic N) is 3. The lowest BCUT2D eigenvalue weighted by molar-refractivity contribution is -0.251. The molecular formula is C13H23N3O8. The number of hydrogen-bond donors (Lipinski definition) is 4. The van der Waals surface area contributed by atoms with Crippen molar-refractivity contribution in [3.8, 4) is 0 Å². The summed E-state index contributed by atoms with van der Waals surface area (Å²) in [6.45, 7) is 7.22. The third-order valence-electron chi connectivity index (χ3n) is 3.03. The third kappa shape index (κ3) is 8.95. The highest BCUT2D eigenvalue weighted by Crippen LogP contribution is 2.10. The van der Waals surface area contributed by atoms with Gasteiger partial charge in [0.1, 0.15) is 0 Å². The van der Waals surface area contributed by atoms with E-state index < -0.39 is 11.9 Å². The third-order valence-corrected chi connectivity index (χ3v) is 3.03. The van der Waals surface area contributed by atoms with Crippen molar-refractivity contribution in [3.63, 3.8) is 0 Å². The Kier molecular flexibility index (Phi) is 10.1. The van der Waals surface area contributed by atoms with Crippen LogP contribution in [0.2, 0.25) is 0 Å². The summed E-state index contributed by atoms with van der Waals surface area (Å²) in [5, 5.41) is 34.7. The highest BCUT2D eigenvalue weighted by atomic mass is 17.1. The van der Waals surface area contributed by atoms with Crippen LogP contribution in [0.4, 0.5) is 0 Å². The van der Waals surface area contributed by atoms with Gasteiger partial charge in [-0.1, -0.05) is 0 Å². The van der Waals surface area contributed by atoms with Gasteiger partial charge >= 0.3 is 11.9 Å². The number of carboxylic acids is 2. The Balaban J connectivity index is 4.45. The zero-order valence-electron chi connectivity index (χ0n) is 13.4. The normalized spacial score (nSPS) is 10.5. The van der Waals surface area contributed by atoms with E-state index in [1.807, 2.05) is 0 Å². The van der Waals surface area contributed by atoms with Crippen LogP contribution in [0.5, 0.6) is 0 Å². The minimum Gasteiger partial charge on any atom is -0.480 e. The summed E-state index contributed by atoms with van der Waals surface area (Å²) in [4.78, 5) is 33.6. The molecule has 0 aromatic rings. The number of rotatable bonds is 14. The molecule has 0 atom stereocenters. The van der Waals surface area contributed by atoms with Crippen molar-refractivity contribution in [1.82, 2.24) is 14.7 Å². The highest BCUT2D eigenvalue weighted by molar-refractivity contribution is 5.72. The van der Waals surface area contributed by atoms with Gasteiger partial charge in [-0.3, -0.25) is 19.4 Å². The number of likely N-dealkylation sites (N-methyl/N-ethyl adjacent to an activating group) is 1. The SMILES string of the molecule is C=C(OO)N(CCN(C)CCN(CC(=O)O)CC(=O)O)C(=C)OO. The monoisotopic (exact) mass is 349 g/mol. The van der Waals surface area contributed by atoms with E-state index in [0.29, 0.717) is 13.1 Å². The largest absolute Gasteiger partial charge is 0.480 e. The van der Waals surface area contributed by atoms with Gasteiger partial charge in [-0.05, 0) is 20.2 Å². The average Bonchev–Trinajstić information content (AvgIpc) is 2.50. The maximum absolute atomic E-state index is 10.7. The van der Waals surface area contributed by atoms with Crippen LogP contribution in [-0.2, 0) is 19.4 Å². The first-order chi connectivity index (χ1) is 11.2. The second kappa shape index (κ2) is 11.2. The minimum absolute atomic E-state index is 0.188. The molecule has 0 unspecified atom stereocenters. The maximum Gasteiger partial charge on any atom is 0.317 e. The van der Waals surface area contributed by atoms with Crippen molar-refractivity contribution in [1.29, 1.82) is 0 Å². The lowest BCUT2D eigenvalue weighted by atomic mass is 10.4. The predicted octanol–water partition coefficient (Wildman–Crippen LogP) is -0.387. The molecule has 0 fully saturated rings. The highest BCUT2D eigenvalue weighted by Gasteiger charge is 2.17. The Morgan fingerprint density at radius 2 is 1.29 bits per heavy atom. The summed E-state index contributed by atoms with van der Waals surface area (Å²) in [5.41, 5.74) is 0. The van der Waals surface area contributed by atoms with E-state index in [-0.39, 0.29) is 37.9 Å². The Bertz CT molecular complexity index is 424. The van der Waals surface area contributed by atoms with E-state index in [2.05, 4.69) is 22.9 Å². The van der Waals surface area contributed by atoms with Crippen LogP contribution in [0.3, 0.4) is 0 Å². The second-order valence-electron chi connectivity index (χ2n) is 4.92. The molecule has 0 aromatic heterocycles. The summed E-state index contributed by atoms with van der Waals surface area (Å²) in [7, 11) is 1.73. The van der Waals surface area contributed by atoms with E-state index in [1.54, 1.807) is 11.9 Å². The molecule has 0 spiro atoms. The first-order valence-corrected chi connectivity index (χ1v) is 6.83. The summed E-state index contributed by atoms with van der Waals surface area (Å²) in [6, 6.07) is 0. The average molecular weight is 349 g/mol. The van der Waals surface area contributed by atoms with E-state index in [4.69, 9.17) is 20.7 Å². The Labute approximate surface area is 139 Å². The molecule has 0 saturated carbocycles. The van der Waals surface area contributed by atoms with E-state index >= 15 is 0 Å². The van der Waals surface area contributed by atoms with Gasteiger partial charge in [0.25, 0.3) is 0 Å². The van der Waals surface area contributed by atoms with Crippen LogP contribution >= 0.6 is 0 Å². The molecule has 4 N–H and O–H groups in total. The van der Waals surface area contributed by atoms with Crippen LogP contribution in [0.1, 0.15) is 0 Å². The van der Waals surface area contributed by atoms with Gasteiger partial charge in [0.05, 0.1) is 13.1 Å². The zero-order valence-corrected chi connectivity index (χ0v) is 13.4. The molecule has 0 bridgehead atoms. The van der Waals surface area contributed by atoms with E-state index in [1.165, 1.54) is 9.80 Å². The molecule has 11 nitrogen and oxygen atoms in total. The summed E-state index contributed by atoms with van der Waals surface area (Å²) < 4.78 is 0. The molecule has 0 radical (unpaired) electrons. The van der Waals surface area contributed by atoms with Gasteiger partial charge in [-0.15, -0.1) is 0 Å². The van der Waals surface area contributed by atoms with Crippen molar-refractivity contribution in [2.24, 2.45) is 0 Å². The standard InChI is InChI=1S/C13H23N3O8/c1-10(23-21)16(11(2)24-22)7-5-14(3)4-6-15(8-12(17)18)9-13(19)20/h21-22H,1-2,4-9H2,3H3,(H,17,18)(H,19,20). The first-order valence-electron chi connectivity index (χ1n) is 6.83. The minimum atomic E-state index is -1.11. The summed E-state index contributed by atoms with van der Waals surface area (Å²) in [5.74, 6) is -2.64. The number of aliphatic carboxylic acids is 2. The van der Waals surface area contributed by atoms with Gasteiger partial charge in [-0.25, -0.2) is 10.5 Å². The quantitative estimate of drug-likeness (QED) is 0.185. The van der Waals surface area contributed by atoms with Gasteiger partial charge in [0, 0.05) is 26.2 Å². The van der Waals surface area contributed by atoms with Crippen molar-refractivity contribution >= 4 is 11.9 Å². The Morgan fingerprint density at radius 1 is 0.875 bits per heavy atom. The van der Waals surface area contributed by atoms with Crippen LogP contribution in [-0.4, -0.2) is 93.7 Å². The van der Waals surface area contributed by atoms with Gasteiger partial charge in [0.15, 0.2) is 0 Å². The topological polar surface area (TPSA) is 143 Å². The first kappa shape index (κ1) is 21.7. The van der Waals surface area contributed by atoms with Crippen LogP contribution in [0.15, 0.2) is 24.9 Å². The lowest BCUT2D eigenvalue weighted by Crippen LogP contribution is -2.41. The molecule has 0 saturated heterocycles. The number of hydrogen-bond acceptors (Lipinski definition) is 9. The van der Waals surface area contributed by atoms with Crippen molar-refractivity contribution in [2.75, 3.05) is 46.3 Å². The van der Waals surface area contributed by atoms with Crippen molar-refractivity contribution in [2.45, 2.75) is 0 Å². The van der Waals surface area contributed by atoms with Crippen LogP contribution in [0.25, 0.3) is 0 Å². The fourth-order valence-corrected chi connectivity index (χ4v) is 1.78. The molecule has 0 aliphatic carbocycles. The van der Waals surface area contributed by atoms with Gasteiger partial charge in [-0.2, -0.15) is 0 Å². The second-order valence-corrected chi connectivity index (χ2v) is 4.92. The summed E-state index contributed by atoms with van der Waals surface area (Å²) >= 11 is 0.